The smallest absolute Gasteiger partial charge is 0.310 e. The first-order valence-electron chi connectivity index (χ1n) is 5.68. The van der Waals surface area contributed by atoms with Crippen LogP contribution in [-0.2, 0) is 9.53 Å². The van der Waals surface area contributed by atoms with Gasteiger partial charge in [0, 0.05) is 6.04 Å². The predicted octanol–water partition coefficient (Wildman–Crippen LogP) is 0.479. The Bertz CT molecular complexity index is 209. The molecule has 0 aromatic carbocycles. The molecule has 0 radical (unpaired) electrons. The number of hydrogen-bond acceptors (Lipinski definition) is 4. The number of nitrogens with one attached hydrogen (secondary N) is 1. The van der Waals surface area contributed by atoms with Crippen LogP contribution in [0.3, 0.4) is 0 Å². The fourth-order valence-corrected chi connectivity index (χ4v) is 2.17. The number of nitrogens with zero attached hydrogens (tertiary/aromatic N) is 1. The maximum atomic E-state index is 11.6. The zero-order chi connectivity index (χ0) is 11.3. The van der Waals surface area contributed by atoms with E-state index in [1.165, 1.54) is 7.11 Å². The van der Waals surface area contributed by atoms with Gasteiger partial charge in [-0.1, -0.05) is 6.92 Å². The summed E-state index contributed by atoms with van der Waals surface area (Å²) in [6, 6.07) is 0.271. The maximum absolute atomic E-state index is 11.6. The highest BCUT2D eigenvalue weighted by atomic mass is 16.5. The summed E-state index contributed by atoms with van der Waals surface area (Å²) in [5, 5.41) is 3.38. The SMILES string of the molecule is CCNC1CCN(C)CCC1C(=O)OC. The molecule has 0 amide bonds. The highest BCUT2D eigenvalue weighted by molar-refractivity contribution is 5.73. The minimum absolute atomic E-state index is 0.0138. The number of likely N-dealkylation sites (tertiary alicyclic amines) is 1. The van der Waals surface area contributed by atoms with E-state index in [1.54, 1.807) is 0 Å². The van der Waals surface area contributed by atoms with Crippen LogP contribution in [0.25, 0.3) is 0 Å². The monoisotopic (exact) mass is 214 g/mol. The quantitative estimate of drug-likeness (QED) is 0.694. The van der Waals surface area contributed by atoms with Gasteiger partial charge >= 0.3 is 5.97 Å². The van der Waals surface area contributed by atoms with Crippen LogP contribution in [0.4, 0.5) is 0 Å². The van der Waals surface area contributed by atoms with E-state index < -0.39 is 0 Å². The molecule has 15 heavy (non-hydrogen) atoms. The van der Waals surface area contributed by atoms with Crippen LogP contribution in [0.5, 0.6) is 0 Å². The summed E-state index contributed by atoms with van der Waals surface area (Å²) in [5.41, 5.74) is 0. The third-order valence-corrected chi connectivity index (χ3v) is 3.10. The first-order chi connectivity index (χ1) is 7.19. The van der Waals surface area contributed by atoms with Gasteiger partial charge < -0.3 is 15.0 Å². The van der Waals surface area contributed by atoms with Crippen LogP contribution >= 0.6 is 0 Å². The highest BCUT2D eigenvalue weighted by Crippen LogP contribution is 2.18. The topological polar surface area (TPSA) is 41.6 Å². The molecule has 4 nitrogen and oxygen atoms in total. The summed E-state index contributed by atoms with van der Waals surface area (Å²) in [7, 11) is 3.57. The molecule has 0 bridgehead atoms. The number of rotatable bonds is 3. The number of hydrogen-bond donors (Lipinski definition) is 1. The Morgan fingerprint density at radius 1 is 1.47 bits per heavy atom. The fraction of sp³-hybridized carbons (Fsp3) is 0.909. The Morgan fingerprint density at radius 2 is 2.13 bits per heavy atom. The normalized spacial score (nSPS) is 28.5. The van der Waals surface area contributed by atoms with Gasteiger partial charge in [0.15, 0.2) is 0 Å². The summed E-state index contributed by atoms with van der Waals surface area (Å²) in [6.07, 6.45) is 1.91. The van der Waals surface area contributed by atoms with E-state index in [2.05, 4.69) is 24.2 Å². The van der Waals surface area contributed by atoms with Crippen molar-refractivity contribution in [1.29, 1.82) is 0 Å². The van der Waals surface area contributed by atoms with Crippen LogP contribution in [0, 0.1) is 5.92 Å². The van der Waals surface area contributed by atoms with Gasteiger partial charge in [-0.15, -0.1) is 0 Å². The van der Waals surface area contributed by atoms with Crippen LogP contribution in [0.1, 0.15) is 19.8 Å². The van der Waals surface area contributed by atoms with Gasteiger partial charge in [-0.05, 0) is 39.5 Å². The van der Waals surface area contributed by atoms with Gasteiger partial charge in [-0.25, -0.2) is 0 Å². The number of carbonyl (C=O) groups excluding carboxylic acids is 1. The summed E-state index contributed by atoms with van der Waals surface area (Å²) < 4.78 is 4.86. The molecule has 0 spiro atoms. The van der Waals surface area contributed by atoms with Gasteiger partial charge in [0.25, 0.3) is 0 Å². The predicted molar refractivity (Wildman–Crippen MR) is 59.7 cm³/mol. The number of esters is 1. The first kappa shape index (κ1) is 12.5. The molecule has 0 saturated carbocycles. The molecule has 88 valence electrons. The first-order valence-corrected chi connectivity index (χ1v) is 5.68. The molecule has 1 fully saturated rings. The van der Waals surface area contributed by atoms with Crippen molar-refractivity contribution < 1.29 is 9.53 Å². The van der Waals surface area contributed by atoms with E-state index in [0.717, 1.165) is 32.5 Å². The molecule has 0 aromatic rings. The number of methoxy groups -OCH3 is 1. The second-order valence-electron chi connectivity index (χ2n) is 4.17. The van der Waals surface area contributed by atoms with E-state index in [9.17, 15) is 4.79 Å². The van der Waals surface area contributed by atoms with Crippen molar-refractivity contribution in [1.82, 2.24) is 10.2 Å². The van der Waals surface area contributed by atoms with Gasteiger partial charge in [0.05, 0.1) is 13.0 Å². The molecular formula is C11H22N2O2. The standard InChI is InChI=1S/C11H22N2O2/c1-4-12-10-6-8-13(2)7-5-9(10)11(14)15-3/h9-10,12H,4-8H2,1-3H3. The lowest BCUT2D eigenvalue weighted by atomic mass is 9.95. The molecule has 1 aliphatic heterocycles. The highest BCUT2D eigenvalue weighted by Gasteiger charge is 2.30. The Labute approximate surface area is 92.0 Å². The zero-order valence-electron chi connectivity index (χ0n) is 9.95. The van der Waals surface area contributed by atoms with Crippen molar-refractivity contribution in [3.63, 3.8) is 0 Å². The molecule has 1 N–H and O–H groups in total. The molecule has 4 heteroatoms. The van der Waals surface area contributed by atoms with Crippen molar-refractivity contribution in [2.75, 3.05) is 33.8 Å². The zero-order valence-corrected chi connectivity index (χ0v) is 9.95. The number of ether oxygens (including phenoxy) is 1. The Morgan fingerprint density at radius 3 is 2.73 bits per heavy atom. The van der Waals surface area contributed by atoms with Crippen molar-refractivity contribution in [3.05, 3.63) is 0 Å². The molecular weight excluding hydrogens is 192 g/mol. The number of carbonyl (C=O) groups is 1. The molecule has 2 atom stereocenters. The average molecular weight is 214 g/mol. The molecule has 2 unspecified atom stereocenters. The van der Waals surface area contributed by atoms with Crippen LogP contribution in [-0.4, -0.2) is 50.7 Å². The van der Waals surface area contributed by atoms with E-state index in [0.29, 0.717) is 0 Å². The second-order valence-corrected chi connectivity index (χ2v) is 4.17. The summed E-state index contributed by atoms with van der Waals surface area (Å²) in [5.74, 6) is -0.0591. The lowest BCUT2D eigenvalue weighted by Crippen LogP contribution is -2.40. The van der Waals surface area contributed by atoms with Gasteiger partial charge in [-0.2, -0.15) is 0 Å². The van der Waals surface area contributed by atoms with Crippen molar-refractivity contribution in [2.24, 2.45) is 5.92 Å². The molecule has 1 heterocycles. The Kier molecular flexibility index (Phi) is 5.05. The third kappa shape index (κ3) is 3.47. The largest absolute Gasteiger partial charge is 0.469 e. The molecule has 0 aromatic heterocycles. The van der Waals surface area contributed by atoms with Crippen molar-refractivity contribution in [2.45, 2.75) is 25.8 Å². The molecule has 0 aliphatic carbocycles. The van der Waals surface area contributed by atoms with E-state index in [1.807, 2.05) is 0 Å². The fourth-order valence-electron chi connectivity index (χ4n) is 2.17. The van der Waals surface area contributed by atoms with Crippen molar-refractivity contribution in [3.8, 4) is 0 Å². The van der Waals surface area contributed by atoms with Crippen LogP contribution in [0.15, 0.2) is 0 Å². The van der Waals surface area contributed by atoms with E-state index in [4.69, 9.17) is 4.74 Å². The average Bonchev–Trinajstić information content (AvgIpc) is 2.41. The van der Waals surface area contributed by atoms with Crippen molar-refractivity contribution >= 4 is 5.97 Å². The Hall–Kier alpha value is -0.610. The maximum Gasteiger partial charge on any atom is 0.310 e. The minimum atomic E-state index is -0.0729. The van der Waals surface area contributed by atoms with Gasteiger partial charge in [0.2, 0.25) is 0 Å². The second kappa shape index (κ2) is 6.08. The van der Waals surface area contributed by atoms with Gasteiger partial charge in [0.1, 0.15) is 0 Å². The minimum Gasteiger partial charge on any atom is -0.469 e. The van der Waals surface area contributed by atoms with Gasteiger partial charge in [-0.3, -0.25) is 4.79 Å². The lowest BCUT2D eigenvalue weighted by molar-refractivity contribution is -0.146. The Balaban J connectivity index is 2.64. The molecule has 1 aliphatic rings. The third-order valence-electron chi connectivity index (χ3n) is 3.10. The summed E-state index contributed by atoms with van der Waals surface area (Å²) in [4.78, 5) is 13.9. The molecule has 1 saturated heterocycles. The van der Waals surface area contributed by atoms with Crippen LogP contribution < -0.4 is 5.32 Å². The summed E-state index contributed by atoms with van der Waals surface area (Å²) >= 11 is 0. The lowest BCUT2D eigenvalue weighted by Gasteiger charge is -2.22. The molecule has 1 rings (SSSR count). The van der Waals surface area contributed by atoms with E-state index in [-0.39, 0.29) is 17.9 Å². The van der Waals surface area contributed by atoms with Crippen LogP contribution in [0.2, 0.25) is 0 Å². The van der Waals surface area contributed by atoms with E-state index >= 15 is 0 Å². The summed E-state index contributed by atoms with van der Waals surface area (Å²) in [6.45, 7) is 5.00.